The fraction of sp³-hybridized carbons (Fsp3) is 0.364. The second-order valence-corrected chi connectivity index (χ2v) is 5.47. The van der Waals surface area contributed by atoms with Crippen LogP contribution in [-0.4, -0.2) is 11.0 Å². The highest BCUT2D eigenvalue weighted by Gasteiger charge is 2.08. The summed E-state index contributed by atoms with van der Waals surface area (Å²) in [5.74, 6) is 0. The zero-order valence-corrected chi connectivity index (χ0v) is 9.14. The van der Waals surface area contributed by atoms with E-state index >= 15 is 0 Å². The Balaban J connectivity index is 2.51. The molecule has 1 nitrogen and oxygen atoms in total. The van der Waals surface area contributed by atoms with Crippen molar-refractivity contribution in [2.24, 2.45) is 4.40 Å². The quantitative estimate of drug-likeness (QED) is 0.517. The van der Waals surface area contributed by atoms with E-state index in [0.717, 1.165) is 5.56 Å². The van der Waals surface area contributed by atoms with E-state index in [4.69, 9.17) is 0 Å². The molecule has 0 radical (unpaired) electrons. The first-order valence-corrected chi connectivity index (χ1v) is 5.12. The van der Waals surface area contributed by atoms with Crippen LogP contribution in [0.3, 0.4) is 0 Å². The maximum atomic E-state index is 4.30. The highest BCUT2D eigenvalue weighted by Crippen LogP contribution is 2.23. The van der Waals surface area contributed by atoms with E-state index in [1.165, 1.54) is 0 Å². The molecule has 0 atom stereocenters. The molecule has 13 heavy (non-hydrogen) atoms. The van der Waals surface area contributed by atoms with Crippen molar-refractivity contribution >= 4 is 18.2 Å². The van der Waals surface area contributed by atoms with Crippen LogP contribution in [0.25, 0.3) is 0 Å². The van der Waals surface area contributed by atoms with Gasteiger partial charge >= 0.3 is 0 Å². The van der Waals surface area contributed by atoms with Gasteiger partial charge in [-0.1, -0.05) is 30.3 Å². The van der Waals surface area contributed by atoms with Crippen LogP contribution in [0.1, 0.15) is 26.3 Å². The molecule has 0 aliphatic rings. The Hall–Kier alpha value is -0.760. The molecule has 0 heterocycles. The third-order valence-electron chi connectivity index (χ3n) is 1.33. The zero-order valence-electron chi connectivity index (χ0n) is 8.32. The Morgan fingerprint density at radius 3 is 2.31 bits per heavy atom. The van der Waals surface area contributed by atoms with Gasteiger partial charge in [0.25, 0.3) is 0 Å². The Morgan fingerprint density at radius 2 is 1.77 bits per heavy atom. The van der Waals surface area contributed by atoms with Crippen LogP contribution in [0, 0.1) is 0 Å². The van der Waals surface area contributed by atoms with Crippen LogP contribution in [0.2, 0.25) is 0 Å². The summed E-state index contributed by atoms with van der Waals surface area (Å²) in [6.45, 7) is 6.46. The van der Waals surface area contributed by atoms with E-state index in [2.05, 4.69) is 25.2 Å². The average molecular weight is 193 g/mol. The van der Waals surface area contributed by atoms with Crippen molar-refractivity contribution in [2.75, 3.05) is 0 Å². The molecule has 0 aromatic heterocycles. The lowest BCUT2D eigenvalue weighted by molar-refractivity contribution is 0.804. The SMILES string of the molecule is CC(C)(C)S/N=C/c1ccccc1. The van der Waals surface area contributed by atoms with E-state index in [1.807, 2.05) is 36.5 Å². The van der Waals surface area contributed by atoms with Gasteiger partial charge in [-0.3, -0.25) is 0 Å². The summed E-state index contributed by atoms with van der Waals surface area (Å²) in [5, 5.41) is 0. The molecule has 0 spiro atoms. The van der Waals surface area contributed by atoms with E-state index in [9.17, 15) is 0 Å². The normalized spacial score (nSPS) is 12.2. The lowest BCUT2D eigenvalue weighted by Gasteiger charge is -2.11. The van der Waals surface area contributed by atoms with Crippen molar-refractivity contribution in [3.63, 3.8) is 0 Å². The molecule has 0 aliphatic carbocycles. The van der Waals surface area contributed by atoms with Gasteiger partial charge in [0.1, 0.15) is 0 Å². The molecule has 1 rings (SSSR count). The minimum atomic E-state index is 0.200. The smallest absolute Gasteiger partial charge is 0.0424 e. The molecule has 0 aliphatic heterocycles. The highest BCUT2D eigenvalue weighted by molar-refractivity contribution is 7.99. The van der Waals surface area contributed by atoms with Gasteiger partial charge in [-0.15, -0.1) is 0 Å². The van der Waals surface area contributed by atoms with Crippen LogP contribution >= 0.6 is 11.9 Å². The van der Waals surface area contributed by atoms with Gasteiger partial charge < -0.3 is 0 Å². The lowest BCUT2D eigenvalue weighted by Crippen LogP contribution is -2.04. The number of hydrogen-bond donors (Lipinski definition) is 0. The van der Waals surface area contributed by atoms with Crippen molar-refractivity contribution < 1.29 is 0 Å². The van der Waals surface area contributed by atoms with E-state index in [1.54, 1.807) is 11.9 Å². The first-order valence-electron chi connectivity index (χ1n) is 4.34. The number of nitrogens with zero attached hydrogens (tertiary/aromatic N) is 1. The summed E-state index contributed by atoms with van der Waals surface area (Å²) in [6, 6.07) is 10.1. The molecular weight excluding hydrogens is 178 g/mol. The molecule has 0 amide bonds. The Kier molecular flexibility index (Phi) is 3.55. The van der Waals surface area contributed by atoms with Crippen molar-refractivity contribution in [3.05, 3.63) is 35.9 Å². The van der Waals surface area contributed by atoms with Crippen LogP contribution < -0.4 is 0 Å². The molecule has 1 aromatic carbocycles. The predicted molar refractivity (Wildman–Crippen MR) is 61.4 cm³/mol. The van der Waals surface area contributed by atoms with Crippen molar-refractivity contribution in [1.82, 2.24) is 0 Å². The third kappa shape index (κ3) is 4.73. The molecule has 0 N–H and O–H groups in total. The minimum absolute atomic E-state index is 0.200. The van der Waals surface area contributed by atoms with E-state index in [0.29, 0.717) is 0 Å². The van der Waals surface area contributed by atoms with Gasteiger partial charge in [-0.2, -0.15) is 0 Å². The predicted octanol–water partition coefficient (Wildman–Crippen LogP) is 3.55. The Labute approximate surface area is 84.4 Å². The van der Waals surface area contributed by atoms with Crippen molar-refractivity contribution in [3.8, 4) is 0 Å². The lowest BCUT2D eigenvalue weighted by atomic mass is 10.2. The second kappa shape index (κ2) is 4.47. The van der Waals surface area contributed by atoms with Gasteiger partial charge in [-0.25, -0.2) is 4.40 Å². The summed E-state index contributed by atoms with van der Waals surface area (Å²) in [7, 11) is 0. The summed E-state index contributed by atoms with van der Waals surface area (Å²) < 4.78 is 4.50. The first-order chi connectivity index (χ1) is 6.08. The fourth-order valence-electron chi connectivity index (χ4n) is 0.784. The van der Waals surface area contributed by atoms with Crippen molar-refractivity contribution in [1.29, 1.82) is 0 Å². The Bertz CT molecular complexity index is 272. The molecule has 0 fully saturated rings. The third-order valence-corrected chi connectivity index (χ3v) is 2.09. The fourth-order valence-corrected chi connectivity index (χ4v) is 1.28. The average Bonchev–Trinajstić information content (AvgIpc) is 2.04. The standard InChI is InChI=1S/C11H15NS/c1-11(2,3)13-12-9-10-7-5-4-6-8-10/h4-9H,1-3H3/b12-9+. The molecule has 70 valence electrons. The van der Waals surface area contributed by atoms with Crippen molar-refractivity contribution in [2.45, 2.75) is 25.5 Å². The first kappa shape index (κ1) is 10.3. The van der Waals surface area contributed by atoms with Gasteiger partial charge in [0, 0.05) is 11.0 Å². The van der Waals surface area contributed by atoms with Gasteiger partial charge in [0.15, 0.2) is 0 Å². The van der Waals surface area contributed by atoms with Crippen LogP contribution in [-0.2, 0) is 0 Å². The largest absolute Gasteiger partial charge is 0.223 e. The molecule has 2 heteroatoms. The number of hydrogen-bond acceptors (Lipinski definition) is 2. The number of benzene rings is 1. The molecule has 0 bridgehead atoms. The maximum Gasteiger partial charge on any atom is 0.0424 e. The summed E-state index contributed by atoms with van der Waals surface area (Å²) in [4.78, 5) is 0. The minimum Gasteiger partial charge on any atom is -0.223 e. The molecule has 0 unspecified atom stereocenters. The maximum absolute atomic E-state index is 4.30. The highest BCUT2D eigenvalue weighted by atomic mass is 32.2. The molecular formula is C11H15NS. The Morgan fingerprint density at radius 1 is 1.15 bits per heavy atom. The van der Waals surface area contributed by atoms with Gasteiger partial charge in [0.05, 0.1) is 0 Å². The van der Waals surface area contributed by atoms with Crippen LogP contribution in [0.5, 0.6) is 0 Å². The molecule has 1 aromatic rings. The zero-order chi connectivity index (χ0) is 9.73. The van der Waals surface area contributed by atoms with E-state index in [-0.39, 0.29) is 4.75 Å². The van der Waals surface area contributed by atoms with E-state index < -0.39 is 0 Å². The molecule has 0 saturated heterocycles. The monoisotopic (exact) mass is 193 g/mol. The van der Waals surface area contributed by atoms with Crippen LogP contribution in [0.15, 0.2) is 34.7 Å². The summed E-state index contributed by atoms with van der Waals surface area (Å²) >= 11 is 1.60. The summed E-state index contributed by atoms with van der Waals surface area (Å²) in [5.41, 5.74) is 1.15. The van der Waals surface area contributed by atoms with Gasteiger partial charge in [-0.05, 0) is 38.3 Å². The number of rotatable bonds is 2. The molecule has 0 saturated carbocycles. The summed E-state index contributed by atoms with van der Waals surface area (Å²) in [6.07, 6.45) is 1.90. The second-order valence-electron chi connectivity index (χ2n) is 3.85. The van der Waals surface area contributed by atoms with Crippen LogP contribution in [0.4, 0.5) is 0 Å². The van der Waals surface area contributed by atoms with Gasteiger partial charge in [0.2, 0.25) is 0 Å². The topological polar surface area (TPSA) is 12.4 Å².